The first-order valence-electron chi connectivity index (χ1n) is 24.4. The van der Waals surface area contributed by atoms with Gasteiger partial charge in [0.2, 0.25) is 0 Å². The Kier molecular flexibility index (Phi) is 10.3. The molecule has 1 aromatic heterocycles. The van der Waals surface area contributed by atoms with E-state index in [4.69, 9.17) is 4.42 Å². The number of anilines is 2. The van der Waals surface area contributed by atoms with Crippen LogP contribution < -0.4 is 4.90 Å². The van der Waals surface area contributed by atoms with Crippen molar-refractivity contribution in [3.8, 4) is 11.1 Å². The molecule has 0 saturated heterocycles. The molecule has 0 radical (unpaired) electrons. The number of fused-ring (bicyclic) bond motifs is 5. The Bertz CT molecular complexity index is 3030. The van der Waals surface area contributed by atoms with Crippen LogP contribution in [0.4, 0.5) is 11.4 Å². The van der Waals surface area contributed by atoms with E-state index in [1.165, 1.54) is 68.8 Å². The first kappa shape index (κ1) is 41.6. The first-order chi connectivity index (χ1) is 31.5. The molecule has 65 heavy (non-hydrogen) atoms. The van der Waals surface area contributed by atoms with Gasteiger partial charge in [-0.05, 0) is 143 Å². The van der Waals surface area contributed by atoms with Gasteiger partial charge in [-0.1, -0.05) is 180 Å². The maximum atomic E-state index is 6.25. The quantitative estimate of drug-likeness (QED) is 0.149. The summed E-state index contributed by atoms with van der Waals surface area (Å²) in [6, 6.07) is 43.7. The van der Waals surface area contributed by atoms with Crippen molar-refractivity contribution in [1.29, 1.82) is 0 Å². The van der Waals surface area contributed by atoms with Crippen LogP contribution >= 0.6 is 0 Å². The predicted octanol–water partition coefficient (Wildman–Crippen LogP) is 17.5. The van der Waals surface area contributed by atoms with Crippen LogP contribution in [0.25, 0.3) is 38.6 Å². The van der Waals surface area contributed by atoms with E-state index in [1.54, 1.807) is 11.1 Å². The maximum Gasteiger partial charge on any atom is 0.135 e. The number of allylic oxidation sites excluding steroid dienone is 12. The molecule has 0 N–H and O–H groups in total. The van der Waals surface area contributed by atoms with E-state index < -0.39 is 0 Å². The van der Waals surface area contributed by atoms with Crippen molar-refractivity contribution in [3.05, 3.63) is 209 Å². The molecule has 0 fully saturated rings. The monoisotopic (exact) mass is 849 g/mol. The van der Waals surface area contributed by atoms with Crippen LogP contribution in [0.15, 0.2) is 197 Å². The molecule has 0 aliphatic heterocycles. The normalized spacial score (nSPS) is 23.0. The third kappa shape index (κ3) is 6.98. The average molecular weight is 850 g/mol. The van der Waals surface area contributed by atoms with Crippen molar-refractivity contribution in [2.24, 2.45) is 16.7 Å². The highest BCUT2D eigenvalue weighted by Crippen LogP contribution is 2.64. The lowest BCUT2D eigenvalue weighted by molar-refractivity contribution is 0.225. The molecule has 4 unspecified atom stereocenters. The topological polar surface area (TPSA) is 16.4 Å². The van der Waals surface area contributed by atoms with E-state index in [2.05, 4.69) is 210 Å². The lowest BCUT2D eigenvalue weighted by Crippen LogP contribution is -2.49. The molecule has 2 heteroatoms. The third-order valence-corrected chi connectivity index (χ3v) is 15.3. The fraction of sp³-hybridized carbons (Fsp3) is 0.302. The second-order valence-corrected chi connectivity index (χ2v) is 21.3. The Morgan fingerprint density at radius 2 is 1.40 bits per heavy atom. The number of hydrogen-bond acceptors (Lipinski definition) is 2. The van der Waals surface area contributed by atoms with Gasteiger partial charge in [-0.25, -0.2) is 0 Å². The summed E-state index contributed by atoms with van der Waals surface area (Å²) in [4.78, 5) is 2.76. The highest BCUT2D eigenvalue weighted by Gasteiger charge is 2.56. The molecule has 5 aliphatic rings. The van der Waals surface area contributed by atoms with Crippen molar-refractivity contribution in [3.63, 3.8) is 0 Å². The summed E-state index contributed by atoms with van der Waals surface area (Å²) in [6.45, 7) is 14.9. The summed E-state index contributed by atoms with van der Waals surface area (Å²) in [7, 11) is 0. The van der Waals surface area contributed by atoms with Crippen molar-refractivity contribution in [2.45, 2.75) is 104 Å². The van der Waals surface area contributed by atoms with Crippen molar-refractivity contribution < 1.29 is 4.42 Å². The molecule has 2 nitrogen and oxygen atoms in total. The molecule has 326 valence electrons. The van der Waals surface area contributed by atoms with Gasteiger partial charge < -0.3 is 9.32 Å². The van der Waals surface area contributed by atoms with Crippen LogP contribution in [-0.2, 0) is 5.41 Å². The Morgan fingerprint density at radius 3 is 2.11 bits per heavy atom. The van der Waals surface area contributed by atoms with Gasteiger partial charge in [0.1, 0.15) is 11.2 Å². The Hall–Kier alpha value is -6.12. The molecule has 0 spiro atoms. The zero-order chi connectivity index (χ0) is 44.5. The fourth-order valence-corrected chi connectivity index (χ4v) is 12.3. The number of rotatable bonds is 7. The van der Waals surface area contributed by atoms with Gasteiger partial charge in [-0.15, -0.1) is 0 Å². The molecule has 0 saturated carbocycles. The molecule has 5 aromatic carbocycles. The molecule has 11 rings (SSSR count). The number of nitrogens with zero attached hydrogens (tertiary/aromatic N) is 1. The van der Waals surface area contributed by atoms with E-state index in [0.717, 1.165) is 54.0 Å². The molecule has 5 aliphatic carbocycles. The SMILES string of the molecule is CC(C)(C)C1=CC2=C(c3ccccc3C2(C2=CCCC=C2)C2=CCCCC2)C(N(c2ccc(-c3ccc4oc5ccccc5c4c3)cc2)c2ccc(C3C=CC=CC3)cc2)C1C(C)(C)C. The first-order valence-corrected chi connectivity index (χ1v) is 24.4. The largest absolute Gasteiger partial charge is 0.456 e. The van der Waals surface area contributed by atoms with E-state index in [-0.39, 0.29) is 28.2 Å². The minimum absolute atomic E-state index is 0.00691. The minimum atomic E-state index is -0.336. The average Bonchev–Trinajstić information content (AvgIpc) is 3.86. The highest BCUT2D eigenvalue weighted by atomic mass is 16.3. The van der Waals surface area contributed by atoms with Gasteiger partial charge in [-0.2, -0.15) is 0 Å². The summed E-state index contributed by atoms with van der Waals surface area (Å²) in [6.07, 6.45) is 29.9. The lowest BCUT2D eigenvalue weighted by Gasteiger charge is -2.52. The van der Waals surface area contributed by atoms with Crippen LogP contribution in [0.2, 0.25) is 0 Å². The third-order valence-electron chi connectivity index (χ3n) is 15.3. The van der Waals surface area contributed by atoms with Crippen LogP contribution in [0.5, 0.6) is 0 Å². The summed E-state index contributed by atoms with van der Waals surface area (Å²) in [5.41, 5.74) is 18.0. The second kappa shape index (κ2) is 16.1. The van der Waals surface area contributed by atoms with Crippen molar-refractivity contribution in [1.82, 2.24) is 0 Å². The molecule has 6 aromatic rings. The Balaban J connectivity index is 1.16. The van der Waals surface area contributed by atoms with Gasteiger partial charge in [0.05, 0.1) is 11.5 Å². The second-order valence-electron chi connectivity index (χ2n) is 21.3. The van der Waals surface area contributed by atoms with Gasteiger partial charge in [0.25, 0.3) is 0 Å². The summed E-state index contributed by atoms with van der Waals surface area (Å²) < 4.78 is 6.25. The standard InChI is InChI=1S/C63H63NO/c1-61(2,3)55-41-54-58(51-27-16-18-28-53(51)63(54,46-22-12-8-13-23-46)47-24-14-9-15-25-47)60(59(55)62(4,5)6)64(48-35-30-43(31-36-48)42-20-10-7-11-21-42)49-37-32-44(33-38-49)45-34-39-57-52(40-45)50-26-17-19-29-56(50)65-57/h7,10-12,16-20,22-24,26-42,59-60H,8-9,13-15,21,25H2,1-6H3. The predicted molar refractivity (Wildman–Crippen MR) is 276 cm³/mol. The van der Waals surface area contributed by atoms with Gasteiger partial charge in [0.15, 0.2) is 0 Å². The zero-order valence-electron chi connectivity index (χ0n) is 39.2. The van der Waals surface area contributed by atoms with E-state index in [0.29, 0.717) is 5.92 Å². The van der Waals surface area contributed by atoms with E-state index >= 15 is 0 Å². The van der Waals surface area contributed by atoms with Crippen LogP contribution in [0.3, 0.4) is 0 Å². The smallest absolute Gasteiger partial charge is 0.135 e. The molecular weight excluding hydrogens is 787 g/mol. The van der Waals surface area contributed by atoms with Gasteiger partial charge in [0, 0.05) is 34.0 Å². The minimum Gasteiger partial charge on any atom is -0.456 e. The van der Waals surface area contributed by atoms with Crippen molar-refractivity contribution >= 4 is 38.9 Å². The lowest BCUT2D eigenvalue weighted by atomic mass is 9.57. The number of benzene rings is 5. The number of hydrogen-bond donors (Lipinski definition) is 0. The van der Waals surface area contributed by atoms with Gasteiger partial charge >= 0.3 is 0 Å². The van der Waals surface area contributed by atoms with E-state index in [1.807, 2.05) is 6.07 Å². The fourth-order valence-electron chi connectivity index (χ4n) is 12.3. The zero-order valence-corrected chi connectivity index (χ0v) is 39.2. The van der Waals surface area contributed by atoms with Crippen LogP contribution in [0.1, 0.15) is 109 Å². The van der Waals surface area contributed by atoms with E-state index in [9.17, 15) is 0 Å². The Morgan fingerprint density at radius 1 is 0.662 bits per heavy atom. The van der Waals surface area contributed by atoms with Crippen LogP contribution in [0, 0.1) is 16.7 Å². The Labute approximate surface area is 387 Å². The summed E-state index contributed by atoms with van der Waals surface area (Å²) >= 11 is 0. The highest BCUT2D eigenvalue weighted by molar-refractivity contribution is 6.06. The van der Waals surface area contributed by atoms with Crippen LogP contribution in [-0.4, -0.2) is 6.04 Å². The molecule has 0 amide bonds. The maximum absolute atomic E-state index is 6.25. The summed E-state index contributed by atoms with van der Waals surface area (Å²) in [5.74, 6) is 0.583. The molecule has 0 bridgehead atoms. The number of para-hydroxylation sites is 1. The molecule has 4 atom stereocenters. The van der Waals surface area contributed by atoms with Crippen molar-refractivity contribution in [2.75, 3.05) is 4.90 Å². The number of furan rings is 1. The van der Waals surface area contributed by atoms with Gasteiger partial charge in [-0.3, -0.25) is 0 Å². The molecular formula is C63H63NO. The summed E-state index contributed by atoms with van der Waals surface area (Å²) in [5, 5.41) is 2.31. The molecule has 1 heterocycles.